The normalized spacial score (nSPS) is 10.1. The Hall–Kier alpha value is -2.55. The van der Waals surface area contributed by atoms with E-state index in [4.69, 9.17) is 0 Å². The Morgan fingerprint density at radius 3 is 2.70 bits per heavy atom. The second-order valence-electron chi connectivity index (χ2n) is 4.36. The number of nitrogens with one attached hydrogen (secondary N) is 2. The minimum absolute atomic E-state index is 0.0342. The molecule has 2 rings (SSSR count). The monoisotopic (exact) mass is 382 g/mol. The van der Waals surface area contributed by atoms with Crippen LogP contribution in [0.15, 0.2) is 22.7 Å². The van der Waals surface area contributed by atoms with Gasteiger partial charge in [0, 0.05) is 4.47 Å². The van der Waals surface area contributed by atoms with Crippen molar-refractivity contribution in [2.24, 2.45) is 0 Å². The average molecular weight is 383 g/mol. The summed E-state index contributed by atoms with van der Waals surface area (Å²) >= 11 is 3.15. The lowest BCUT2D eigenvalue weighted by atomic mass is 10.3. The number of amides is 1. The lowest BCUT2D eigenvalue weighted by Crippen LogP contribution is -2.14. The molecule has 1 aromatic heterocycles. The molecule has 0 atom stereocenters. The Morgan fingerprint density at radius 2 is 2.09 bits per heavy atom. The van der Waals surface area contributed by atoms with Crippen molar-refractivity contribution in [3.8, 4) is 0 Å². The number of esters is 1. The third-order valence-corrected chi connectivity index (χ3v) is 3.32. The first-order chi connectivity index (χ1) is 11.0. The molecule has 0 bridgehead atoms. The van der Waals surface area contributed by atoms with Crippen LogP contribution in [0.4, 0.5) is 21.7 Å². The van der Waals surface area contributed by atoms with Crippen LogP contribution in [0.2, 0.25) is 0 Å². The number of methoxy groups -OCH3 is 1. The lowest BCUT2D eigenvalue weighted by Gasteiger charge is -2.13. The third-order valence-electron chi connectivity index (χ3n) is 2.83. The Bertz CT molecular complexity index is 770. The highest BCUT2D eigenvalue weighted by atomic mass is 79.9. The summed E-state index contributed by atoms with van der Waals surface area (Å²) in [5.41, 5.74) is 0.289. The van der Waals surface area contributed by atoms with Crippen molar-refractivity contribution in [1.29, 1.82) is 0 Å². The van der Waals surface area contributed by atoms with E-state index in [9.17, 15) is 14.0 Å². The van der Waals surface area contributed by atoms with Gasteiger partial charge >= 0.3 is 5.97 Å². The maximum atomic E-state index is 14.0. The van der Waals surface area contributed by atoms with E-state index in [-0.39, 0.29) is 23.0 Å². The minimum atomic E-state index is -0.738. The summed E-state index contributed by atoms with van der Waals surface area (Å²) in [6.07, 6.45) is 0.429. The van der Waals surface area contributed by atoms with Gasteiger partial charge in [0.1, 0.15) is 5.82 Å². The van der Waals surface area contributed by atoms with Crippen molar-refractivity contribution in [2.45, 2.75) is 6.92 Å². The Balaban J connectivity index is 2.51. The molecule has 0 aliphatic heterocycles. The molecule has 0 spiro atoms. The van der Waals surface area contributed by atoms with E-state index >= 15 is 0 Å². The van der Waals surface area contributed by atoms with Gasteiger partial charge in [-0.15, -0.1) is 0 Å². The summed E-state index contributed by atoms with van der Waals surface area (Å²) in [5, 5.41) is 5.05. The molecule has 0 aliphatic carbocycles. The summed E-state index contributed by atoms with van der Waals surface area (Å²) in [5.74, 6) is -1.18. The number of carbonyl (C=O) groups excluding carboxylic acids is 2. The number of hydrogen-bond acceptors (Lipinski definition) is 6. The van der Waals surface area contributed by atoms with E-state index in [0.29, 0.717) is 16.6 Å². The first-order valence-corrected chi connectivity index (χ1v) is 7.14. The number of ether oxygens (including phenoxy) is 1. The van der Waals surface area contributed by atoms with E-state index in [1.54, 1.807) is 13.0 Å². The maximum Gasteiger partial charge on any atom is 0.360 e. The number of halogens is 2. The maximum absolute atomic E-state index is 14.0. The standard InChI is InChI=1S/C14H12BrFN4O3/c1-7-12(17-6-21)20-13(11(18-7)14(22)23-2)19-10-4-3-8(15)5-9(10)16/h3-6H,1-2H3,(H2,17,19,20,21). The van der Waals surface area contributed by atoms with Gasteiger partial charge in [-0.3, -0.25) is 4.79 Å². The molecule has 1 amide bonds. The third kappa shape index (κ3) is 3.81. The van der Waals surface area contributed by atoms with Gasteiger partial charge in [0.2, 0.25) is 6.41 Å². The van der Waals surface area contributed by atoms with Crippen LogP contribution in [0.3, 0.4) is 0 Å². The summed E-state index contributed by atoms with van der Waals surface area (Å²) in [6, 6.07) is 4.34. The predicted octanol–water partition coefficient (Wildman–Crippen LogP) is 2.79. The number of anilines is 3. The second-order valence-corrected chi connectivity index (χ2v) is 5.27. The van der Waals surface area contributed by atoms with E-state index in [1.165, 1.54) is 19.2 Å². The van der Waals surface area contributed by atoms with Crippen LogP contribution in [-0.4, -0.2) is 29.5 Å². The molecule has 1 aromatic carbocycles. The molecular formula is C14H12BrFN4O3. The average Bonchev–Trinajstić information content (AvgIpc) is 2.52. The highest BCUT2D eigenvalue weighted by Gasteiger charge is 2.19. The summed E-state index contributed by atoms with van der Waals surface area (Å²) < 4.78 is 19.2. The molecular weight excluding hydrogens is 371 g/mol. The van der Waals surface area contributed by atoms with Crippen molar-refractivity contribution in [2.75, 3.05) is 17.7 Å². The fourth-order valence-corrected chi connectivity index (χ4v) is 2.09. The first-order valence-electron chi connectivity index (χ1n) is 6.35. The molecule has 2 N–H and O–H groups in total. The number of benzene rings is 1. The van der Waals surface area contributed by atoms with Gasteiger partial charge in [-0.25, -0.2) is 19.2 Å². The van der Waals surface area contributed by atoms with Crippen LogP contribution in [0.1, 0.15) is 16.2 Å². The van der Waals surface area contributed by atoms with Crippen LogP contribution in [-0.2, 0) is 9.53 Å². The first kappa shape index (κ1) is 16.8. The van der Waals surface area contributed by atoms with Crippen LogP contribution in [0.25, 0.3) is 0 Å². The highest BCUT2D eigenvalue weighted by Crippen LogP contribution is 2.25. The van der Waals surface area contributed by atoms with Crippen molar-refractivity contribution >= 4 is 45.6 Å². The molecule has 2 aromatic rings. The molecule has 120 valence electrons. The van der Waals surface area contributed by atoms with E-state index in [2.05, 4.69) is 41.3 Å². The van der Waals surface area contributed by atoms with Crippen LogP contribution in [0, 0.1) is 12.7 Å². The molecule has 7 nitrogen and oxygen atoms in total. The number of nitrogens with zero attached hydrogens (tertiary/aromatic N) is 2. The molecule has 0 unspecified atom stereocenters. The van der Waals surface area contributed by atoms with Gasteiger partial charge in [-0.2, -0.15) is 0 Å². The number of hydrogen-bond donors (Lipinski definition) is 2. The smallest absolute Gasteiger partial charge is 0.360 e. The van der Waals surface area contributed by atoms with Gasteiger partial charge in [0.15, 0.2) is 17.3 Å². The van der Waals surface area contributed by atoms with Crippen LogP contribution >= 0.6 is 15.9 Å². The van der Waals surface area contributed by atoms with Crippen molar-refractivity contribution in [3.05, 3.63) is 39.9 Å². The fraction of sp³-hybridized carbons (Fsp3) is 0.143. The van der Waals surface area contributed by atoms with Crippen molar-refractivity contribution < 1.29 is 18.7 Å². The quantitative estimate of drug-likeness (QED) is 0.609. The second kappa shape index (κ2) is 7.14. The molecule has 1 heterocycles. The number of rotatable bonds is 5. The zero-order valence-electron chi connectivity index (χ0n) is 12.2. The van der Waals surface area contributed by atoms with Crippen molar-refractivity contribution in [3.63, 3.8) is 0 Å². The Labute approximate surface area is 139 Å². The molecule has 0 fully saturated rings. The minimum Gasteiger partial charge on any atom is -0.464 e. The van der Waals surface area contributed by atoms with Gasteiger partial charge in [-0.05, 0) is 25.1 Å². The van der Waals surface area contributed by atoms with Gasteiger partial charge < -0.3 is 15.4 Å². The fourth-order valence-electron chi connectivity index (χ4n) is 1.76. The summed E-state index contributed by atoms with van der Waals surface area (Å²) in [6.45, 7) is 1.56. The molecule has 23 heavy (non-hydrogen) atoms. The highest BCUT2D eigenvalue weighted by molar-refractivity contribution is 9.10. The SMILES string of the molecule is COC(=O)c1nc(C)c(NC=O)nc1Nc1ccc(Br)cc1F. The van der Waals surface area contributed by atoms with Gasteiger partial charge in [-0.1, -0.05) is 15.9 Å². The van der Waals surface area contributed by atoms with E-state index < -0.39 is 11.8 Å². The Kier molecular flexibility index (Phi) is 5.22. The summed E-state index contributed by atoms with van der Waals surface area (Å²) in [7, 11) is 1.20. The largest absolute Gasteiger partial charge is 0.464 e. The van der Waals surface area contributed by atoms with Crippen LogP contribution < -0.4 is 10.6 Å². The zero-order chi connectivity index (χ0) is 17.0. The zero-order valence-corrected chi connectivity index (χ0v) is 13.8. The molecule has 0 saturated heterocycles. The number of aryl methyl sites for hydroxylation is 1. The molecule has 0 radical (unpaired) electrons. The van der Waals surface area contributed by atoms with E-state index in [0.717, 1.165) is 0 Å². The molecule has 0 aliphatic rings. The summed E-state index contributed by atoms with van der Waals surface area (Å²) in [4.78, 5) is 30.6. The topological polar surface area (TPSA) is 93.2 Å². The van der Waals surface area contributed by atoms with Gasteiger partial charge in [0.05, 0.1) is 18.5 Å². The predicted molar refractivity (Wildman–Crippen MR) is 85.2 cm³/mol. The number of carbonyl (C=O) groups is 2. The lowest BCUT2D eigenvalue weighted by molar-refractivity contribution is -0.105. The van der Waals surface area contributed by atoms with Crippen LogP contribution in [0.5, 0.6) is 0 Å². The van der Waals surface area contributed by atoms with Crippen molar-refractivity contribution in [1.82, 2.24) is 9.97 Å². The number of aromatic nitrogens is 2. The van der Waals surface area contributed by atoms with Gasteiger partial charge in [0.25, 0.3) is 0 Å². The molecule has 0 saturated carbocycles. The molecule has 9 heteroatoms. The van der Waals surface area contributed by atoms with E-state index in [1.807, 2.05) is 0 Å². The Morgan fingerprint density at radius 1 is 1.35 bits per heavy atom.